The number of hydrogen-bond donors (Lipinski definition) is 2. The van der Waals surface area contributed by atoms with Gasteiger partial charge in [-0.3, -0.25) is 0 Å². The summed E-state index contributed by atoms with van der Waals surface area (Å²) in [6.07, 6.45) is 1.95. The van der Waals surface area contributed by atoms with Gasteiger partial charge in [0.1, 0.15) is 5.82 Å². The summed E-state index contributed by atoms with van der Waals surface area (Å²) in [6, 6.07) is 14.9. The van der Waals surface area contributed by atoms with E-state index in [0.29, 0.717) is 6.54 Å². The van der Waals surface area contributed by atoms with Crippen LogP contribution in [0.25, 0.3) is 0 Å². The second kappa shape index (κ2) is 10.4. The third-order valence-corrected chi connectivity index (χ3v) is 5.65. The lowest BCUT2D eigenvalue weighted by Crippen LogP contribution is -2.44. The average molecular weight is 409 g/mol. The standard InChI is InChI=1S/C24H36N6/c1-5-25-23(28-19-24(2,3)21-9-7-6-8-10-21)27-18-20-11-12-22(26-17-20)30-15-13-29(4)14-16-30/h6-12,17H,5,13-16,18-19H2,1-4H3,(H2,25,27,28). The Kier molecular flexibility index (Phi) is 7.69. The Hall–Kier alpha value is -2.60. The van der Waals surface area contributed by atoms with Crippen molar-refractivity contribution in [3.63, 3.8) is 0 Å². The van der Waals surface area contributed by atoms with Crippen molar-refractivity contribution in [3.8, 4) is 0 Å². The van der Waals surface area contributed by atoms with Crippen LogP contribution in [0, 0.1) is 0 Å². The molecule has 3 rings (SSSR count). The molecule has 6 heteroatoms. The zero-order valence-corrected chi connectivity index (χ0v) is 18.9. The number of nitrogens with zero attached hydrogens (tertiary/aromatic N) is 4. The van der Waals surface area contributed by atoms with Crippen molar-refractivity contribution in [3.05, 3.63) is 59.8 Å². The van der Waals surface area contributed by atoms with Crippen LogP contribution < -0.4 is 15.5 Å². The summed E-state index contributed by atoms with van der Waals surface area (Å²) in [5.41, 5.74) is 2.45. The normalized spacial score (nSPS) is 15.9. The molecule has 2 N–H and O–H groups in total. The third-order valence-electron chi connectivity index (χ3n) is 5.65. The first-order chi connectivity index (χ1) is 14.5. The highest BCUT2D eigenvalue weighted by molar-refractivity contribution is 5.79. The van der Waals surface area contributed by atoms with Crippen LogP contribution in [-0.4, -0.2) is 62.2 Å². The molecule has 0 bridgehead atoms. The van der Waals surface area contributed by atoms with Gasteiger partial charge in [0.05, 0.1) is 6.54 Å². The Morgan fingerprint density at radius 3 is 2.40 bits per heavy atom. The number of pyridine rings is 1. The van der Waals surface area contributed by atoms with Gasteiger partial charge in [-0.25, -0.2) is 9.98 Å². The summed E-state index contributed by atoms with van der Waals surface area (Å²) in [5, 5.41) is 6.85. The first-order valence-electron chi connectivity index (χ1n) is 10.9. The smallest absolute Gasteiger partial charge is 0.191 e. The molecule has 1 fully saturated rings. The maximum absolute atomic E-state index is 4.77. The van der Waals surface area contributed by atoms with Gasteiger partial charge in [0, 0.05) is 50.9 Å². The van der Waals surface area contributed by atoms with Crippen LogP contribution in [-0.2, 0) is 12.0 Å². The molecule has 162 valence electrons. The first-order valence-corrected chi connectivity index (χ1v) is 10.9. The fourth-order valence-electron chi connectivity index (χ4n) is 3.54. The van der Waals surface area contributed by atoms with Gasteiger partial charge in [-0.1, -0.05) is 50.2 Å². The van der Waals surface area contributed by atoms with Crippen LogP contribution in [0.5, 0.6) is 0 Å². The van der Waals surface area contributed by atoms with E-state index in [-0.39, 0.29) is 5.41 Å². The second-order valence-electron chi connectivity index (χ2n) is 8.61. The van der Waals surface area contributed by atoms with Crippen LogP contribution >= 0.6 is 0 Å². The summed E-state index contributed by atoms with van der Waals surface area (Å²) in [4.78, 5) is 14.1. The lowest BCUT2D eigenvalue weighted by atomic mass is 9.85. The molecule has 1 aromatic carbocycles. The molecule has 0 aliphatic carbocycles. The molecule has 0 spiro atoms. The first kappa shape index (κ1) is 22.1. The topological polar surface area (TPSA) is 55.8 Å². The average Bonchev–Trinajstić information content (AvgIpc) is 2.77. The molecule has 0 unspecified atom stereocenters. The van der Waals surface area contributed by atoms with Crippen molar-refractivity contribution in [2.45, 2.75) is 32.7 Å². The number of likely N-dealkylation sites (N-methyl/N-ethyl adjacent to an activating group) is 1. The Labute approximate surface area is 181 Å². The van der Waals surface area contributed by atoms with E-state index in [2.05, 4.69) is 95.7 Å². The lowest BCUT2D eigenvalue weighted by Gasteiger charge is -2.33. The van der Waals surface area contributed by atoms with Crippen LogP contribution in [0.1, 0.15) is 31.9 Å². The van der Waals surface area contributed by atoms with Gasteiger partial charge in [0.15, 0.2) is 5.96 Å². The highest BCUT2D eigenvalue weighted by Gasteiger charge is 2.20. The molecule has 2 heterocycles. The quantitative estimate of drug-likeness (QED) is 0.545. The fourth-order valence-corrected chi connectivity index (χ4v) is 3.54. The minimum Gasteiger partial charge on any atom is -0.357 e. The molecule has 2 aromatic rings. The number of hydrogen-bond acceptors (Lipinski definition) is 4. The molecule has 0 atom stereocenters. The number of benzene rings is 1. The molecule has 1 aromatic heterocycles. The van der Waals surface area contributed by atoms with Crippen molar-refractivity contribution in [1.29, 1.82) is 0 Å². The van der Waals surface area contributed by atoms with Crippen molar-refractivity contribution >= 4 is 11.8 Å². The number of anilines is 1. The zero-order valence-electron chi connectivity index (χ0n) is 18.9. The van der Waals surface area contributed by atoms with Crippen molar-refractivity contribution in [2.75, 3.05) is 51.2 Å². The van der Waals surface area contributed by atoms with Crippen LogP contribution in [0.2, 0.25) is 0 Å². The molecular weight excluding hydrogens is 372 g/mol. The van der Waals surface area contributed by atoms with Crippen molar-refractivity contribution in [2.24, 2.45) is 4.99 Å². The van der Waals surface area contributed by atoms with E-state index in [1.165, 1.54) is 5.56 Å². The highest BCUT2D eigenvalue weighted by Crippen LogP contribution is 2.21. The molecule has 0 amide bonds. The van der Waals surface area contributed by atoms with E-state index >= 15 is 0 Å². The van der Waals surface area contributed by atoms with Crippen molar-refractivity contribution < 1.29 is 0 Å². The van der Waals surface area contributed by atoms with E-state index in [1.54, 1.807) is 0 Å². The fraction of sp³-hybridized carbons (Fsp3) is 0.500. The van der Waals surface area contributed by atoms with E-state index in [4.69, 9.17) is 4.99 Å². The summed E-state index contributed by atoms with van der Waals surface area (Å²) in [7, 11) is 2.17. The second-order valence-corrected chi connectivity index (χ2v) is 8.61. The van der Waals surface area contributed by atoms with Crippen molar-refractivity contribution in [1.82, 2.24) is 20.5 Å². The Bertz CT molecular complexity index is 792. The maximum atomic E-state index is 4.77. The van der Waals surface area contributed by atoms with Gasteiger partial charge in [-0.05, 0) is 31.2 Å². The molecule has 0 radical (unpaired) electrons. The van der Waals surface area contributed by atoms with Crippen LogP contribution in [0.3, 0.4) is 0 Å². The van der Waals surface area contributed by atoms with E-state index in [9.17, 15) is 0 Å². The van der Waals surface area contributed by atoms with Gasteiger partial charge in [0.2, 0.25) is 0 Å². The predicted molar refractivity (Wildman–Crippen MR) is 126 cm³/mol. The molecular formula is C24H36N6. The minimum atomic E-state index is 0.0170. The summed E-state index contributed by atoms with van der Waals surface area (Å²) < 4.78 is 0. The molecule has 30 heavy (non-hydrogen) atoms. The number of rotatable bonds is 7. The van der Waals surface area contributed by atoms with E-state index < -0.39 is 0 Å². The maximum Gasteiger partial charge on any atom is 0.191 e. The van der Waals surface area contributed by atoms with E-state index in [1.807, 2.05) is 6.20 Å². The Balaban J connectivity index is 1.57. The predicted octanol–water partition coefficient (Wildman–Crippen LogP) is 2.87. The number of aliphatic imine (C=N–C) groups is 1. The van der Waals surface area contributed by atoms with Gasteiger partial charge >= 0.3 is 0 Å². The van der Waals surface area contributed by atoms with Crippen LogP contribution in [0.4, 0.5) is 5.82 Å². The number of aromatic nitrogens is 1. The molecule has 1 aliphatic rings. The minimum absolute atomic E-state index is 0.0170. The highest BCUT2D eigenvalue weighted by atomic mass is 15.3. The Morgan fingerprint density at radius 1 is 1.03 bits per heavy atom. The number of guanidine groups is 1. The summed E-state index contributed by atoms with van der Waals surface area (Å²) in [6.45, 7) is 13.1. The summed E-state index contributed by atoms with van der Waals surface area (Å²) in [5.74, 6) is 1.90. The zero-order chi connectivity index (χ0) is 21.4. The lowest BCUT2D eigenvalue weighted by molar-refractivity contribution is 0.312. The monoisotopic (exact) mass is 408 g/mol. The van der Waals surface area contributed by atoms with Gasteiger partial charge < -0.3 is 20.4 Å². The van der Waals surface area contributed by atoms with Gasteiger partial charge in [-0.2, -0.15) is 0 Å². The van der Waals surface area contributed by atoms with E-state index in [0.717, 1.165) is 56.6 Å². The number of piperazine rings is 1. The number of nitrogens with one attached hydrogen (secondary N) is 2. The van der Waals surface area contributed by atoms with Crippen LogP contribution in [0.15, 0.2) is 53.7 Å². The summed E-state index contributed by atoms with van der Waals surface area (Å²) >= 11 is 0. The molecule has 0 saturated carbocycles. The largest absolute Gasteiger partial charge is 0.357 e. The molecule has 1 saturated heterocycles. The third kappa shape index (κ3) is 6.20. The SMILES string of the molecule is CCNC(=NCc1ccc(N2CCN(C)CC2)nc1)NCC(C)(C)c1ccccc1. The van der Waals surface area contributed by atoms with Gasteiger partial charge in [-0.15, -0.1) is 0 Å². The van der Waals surface area contributed by atoms with Gasteiger partial charge in [0.25, 0.3) is 0 Å². The molecule has 1 aliphatic heterocycles. The Morgan fingerprint density at radius 2 is 1.77 bits per heavy atom. The molecule has 6 nitrogen and oxygen atoms in total.